The first kappa shape index (κ1) is 20.9. The van der Waals surface area contributed by atoms with E-state index in [1.807, 2.05) is 0 Å². The fourth-order valence-corrected chi connectivity index (χ4v) is 3.76. The van der Waals surface area contributed by atoms with Crippen LogP contribution < -0.4 is 10.9 Å². The van der Waals surface area contributed by atoms with Crippen LogP contribution in [0.5, 0.6) is 0 Å². The molecule has 3 heterocycles. The molecule has 0 saturated heterocycles. The Morgan fingerprint density at radius 3 is 2.71 bits per heavy atom. The van der Waals surface area contributed by atoms with Crippen molar-refractivity contribution in [2.45, 2.75) is 12.5 Å². The van der Waals surface area contributed by atoms with E-state index in [2.05, 4.69) is 15.3 Å². The fourth-order valence-electron chi connectivity index (χ4n) is 3.03. The van der Waals surface area contributed by atoms with Crippen molar-refractivity contribution in [2.24, 2.45) is 0 Å². The van der Waals surface area contributed by atoms with E-state index < -0.39 is 11.5 Å². The number of benzene rings is 1. The maximum absolute atomic E-state index is 12.7. The quantitative estimate of drug-likeness (QED) is 0.479. The van der Waals surface area contributed by atoms with Gasteiger partial charge in [-0.1, -0.05) is 29.8 Å². The number of aromatic nitrogens is 3. The molecular weight excluding hydrogens is 436 g/mol. The summed E-state index contributed by atoms with van der Waals surface area (Å²) in [4.78, 5) is 33.2. The topological polar surface area (TPSA) is 97.1 Å². The largest absolute Gasteiger partial charge is 0.379 e. The van der Waals surface area contributed by atoms with Crippen molar-refractivity contribution in [3.8, 4) is 5.82 Å². The number of carbonyl (C=O) groups is 1. The zero-order chi connectivity index (χ0) is 22.0. The second kappa shape index (κ2) is 8.43. The molecule has 31 heavy (non-hydrogen) atoms. The Labute approximate surface area is 186 Å². The van der Waals surface area contributed by atoms with E-state index in [1.54, 1.807) is 66.3 Å². The van der Waals surface area contributed by atoms with Crippen LogP contribution in [-0.4, -0.2) is 25.5 Å². The van der Waals surface area contributed by atoms with Gasteiger partial charge in [0.2, 0.25) is 0 Å². The number of amides is 1. The van der Waals surface area contributed by atoms with Crippen molar-refractivity contribution in [3.05, 3.63) is 104 Å². The zero-order valence-electron chi connectivity index (χ0n) is 16.3. The number of nitrogens with zero attached hydrogens (tertiary/aromatic N) is 3. The molecule has 0 spiro atoms. The molecule has 0 radical (unpaired) electrons. The zero-order valence-corrected chi connectivity index (χ0v) is 17.9. The average molecular weight is 453 g/mol. The van der Waals surface area contributed by atoms with Gasteiger partial charge in [0.05, 0.1) is 11.2 Å². The molecule has 1 amide bonds. The minimum absolute atomic E-state index is 0.284. The lowest BCUT2D eigenvalue weighted by Crippen LogP contribution is -2.26. The Hall–Kier alpha value is -3.33. The van der Waals surface area contributed by atoms with Gasteiger partial charge in [-0.15, -0.1) is 11.3 Å². The fraction of sp³-hybridized carbons (Fsp3) is 0.0909. The van der Waals surface area contributed by atoms with E-state index >= 15 is 0 Å². The number of hydrogen-bond acceptors (Lipinski definition) is 6. The van der Waals surface area contributed by atoms with Crippen LogP contribution in [0.3, 0.4) is 0 Å². The summed E-state index contributed by atoms with van der Waals surface area (Å²) >= 11 is 7.37. The SMILES string of the molecule is CC(O)(c1cccc(Cl)c1)c1cccc(-n2ccc(NC(=O)c3cscn3)cc2=O)n1. The Kier molecular flexibility index (Phi) is 5.69. The first-order chi connectivity index (χ1) is 14.8. The molecule has 1 atom stereocenters. The minimum atomic E-state index is -1.41. The minimum Gasteiger partial charge on any atom is -0.379 e. The summed E-state index contributed by atoms with van der Waals surface area (Å²) in [5, 5.41) is 15.9. The predicted octanol–water partition coefficient (Wildman–Crippen LogP) is 3.85. The number of halogens is 1. The number of thiazole rings is 1. The van der Waals surface area contributed by atoms with Crippen LogP contribution in [0.4, 0.5) is 5.69 Å². The first-order valence-electron chi connectivity index (χ1n) is 9.23. The molecule has 1 unspecified atom stereocenters. The normalized spacial score (nSPS) is 12.9. The Balaban J connectivity index is 1.63. The lowest BCUT2D eigenvalue weighted by Gasteiger charge is -2.24. The summed E-state index contributed by atoms with van der Waals surface area (Å²) in [6.07, 6.45) is 1.51. The van der Waals surface area contributed by atoms with E-state index in [1.165, 1.54) is 28.2 Å². The van der Waals surface area contributed by atoms with Gasteiger partial charge in [-0.2, -0.15) is 0 Å². The second-order valence-electron chi connectivity index (χ2n) is 6.92. The van der Waals surface area contributed by atoms with Gasteiger partial charge in [-0.05, 0) is 42.8 Å². The summed E-state index contributed by atoms with van der Waals surface area (Å²) in [5.74, 6) is -0.0572. The standard InChI is InChI=1S/C22H17ClN4O3S/c1-22(30,14-4-2-5-15(23)10-14)18-6-3-7-19(26-18)27-9-8-16(11-20(27)28)25-21(29)17-12-31-13-24-17/h2-13,30H,1H3,(H,25,29). The number of nitrogens with one attached hydrogen (secondary N) is 1. The monoisotopic (exact) mass is 452 g/mol. The van der Waals surface area contributed by atoms with E-state index in [-0.39, 0.29) is 11.3 Å². The summed E-state index contributed by atoms with van der Waals surface area (Å²) < 4.78 is 1.33. The number of hydrogen-bond donors (Lipinski definition) is 2. The van der Waals surface area contributed by atoms with Crippen LogP contribution in [0.1, 0.15) is 28.7 Å². The third-order valence-corrected chi connectivity index (χ3v) is 5.53. The van der Waals surface area contributed by atoms with Crippen LogP contribution in [0, 0.1) is 0 Å². The molecule has 2 N–H and O–H groups in total. The number of pyridine rings is 2. The molecule has 4 aromatic rings. The van der Waals surface area contributed by atoms with Gasteiger partial charge in [0.15, 0.2) is 0 Å². The highest BCUT2D eigenvalue weighted by atomic mass is 35.5. The third-order valence-electron chi connectivity index (χ3n) is 4.71. The predicted molar refractivity (Wildman–Crippen MR) is 120 cm³/mol. The summed E-state index contributed by atoms with van der Waals surface area (Å²) in [7, 11) is 0. The smallest absolute Gasteiger partial charge is 0.275 e. The van der Waals surface area contributed by atoms with Crippen LogP contribution in [0.2, 0.25) is 5.02 Å². The molecule has 3 aromatic heterocycles. The van der Waals surface area contributed by atoms with Gasteiger partial charge >= 0.3 is 0 Å². The maximum Gasteiger partial charge on any atom is 0.275 e. The molecule has 156 valence electrons. The summed E-state index contributed by atoms with van der Waals surface area (Å²) in [6, 6.07) is 14.8. The lowest BCUT2D eigenvalue weighted by atomic mass is 9.92. The summed E-state index contributed by atoms with van der Waals surface area (Å²) in [5.41, 5.74) is 1.34. The van der Waals surface area contributed by atoms with Crippen molar-refractivity contribution in [1.29, 1.82) is 0 Å². The highest BCUT2D eigenvalue weighted by Crippen LogP contribution is 2.29. The molecular formula is C22H17ClN4O3S. The van der Waals surface area contributed by atoms with Crippen molar-refractivity contribution < 1.29 is 9.90 Å². The Bertz CT molecular complexity index is 1300. The molecule has 9 heteroatoms. The molecule has 0 fully saturated rings. The number of aliphatic hydroxyl groups is 1. The number of rotatable bonds is 5. The lowest BCUT2D eigenvalue weighted by molar-refractivity contribution is 0.0973. The molecule has 0 aliphatic rings. The van der Waals surface area contributed by atoms with Gasteiger partial charge in [0.25, 0.3) is 11.5 Å². The molecule has 0 aliphatic carbocycles. The number of anilines is 1. The van der Waals surface area contributed by atoms with Gasteiger partial charge in [-0.25, -0.2) is 9.97 Å². The van der Waals surface area contributed by atoms with E-state index in [9.17, 15) is 14.7 Å². The Morgan fingerprint density at radius 1 is 1.19 bits per heavy atom. The molecule has 7 nitrogen and oxygen atoms in total. The van der Waals surface area contributed by atoms with Crippen LogP contribution in [0.15, 0.2) is 76.5 Å². The first-order valence-corrected chi connectivity index (χ1v) is 10.6. The third kappa shape index (κ3) is 4.41. The van der Waals surface area contributed by atoms with Crippen LogP contribution in [0.25, 0.3) is 5.82 Å². The highest BCUT2D eigenvalue weighted by molar-refractivity contribution is 7.07. The van der Waals surface area contributed by atoms with E-state index in [4.69, 9.17) is 11.6 Å². The van der Waals surface area contributed by atoms with Crippen molar-refractivity contribution in [3.63, 3.8) is 0 Å². The molecule has 1 aromatic carbocycles. The van der Waals surface area contributed by atoms with Crippen LogP contribution in [-0.2, 0) is 5.60 Å². The van der Waals surface area contributed by atoms with Crippen LogP contribution >= 0.6 is 22.9 Å². The van der Waals surface area contributed by atoms with E-state index in [0.29, 0.717) is 27.8 Å². The maximum atomic E-state index is 12.7. The van der Waals surface area contributed by atoms with Crippen molar-refractivity contribution in [2.75, 3.05) is 5.32 Å². The van der Waals surface area contributed by atoms with Gasteiger partial charge in [0, 0.05) is 28.4 Å². The molecule has 0 bridgehead atoms. The number of carbonyl (C=O) groups excluding carboxylic acids is 1. The second-order valence-corrected chi connectivity index (χ2v) is 8.07. The summed E-state index contributed by atoms with van der Waals surface area (Å²) in [6.45, 7) is 1.62. The van der Waals surface area contributed by atoms with Crippen molar-refractivity contribution in [1.82, 2.24) is 14.5 Å². The Morgan fingerprint density at radius 2 is 2.00 bits per heavy atom. The van der Waals surface area contributed by atoms with Gasteiger partial charge in [-0.3, -0.25) is 14.2 Å². The highest BCUT2D eigenvalue weighted by Gasteiger charge is 2.28. The van der Waals surface area contributed by atoms with Crippen molar-refractivity contribution >= 4 is 34.5 Å². The molecule has 0 aliphatic heterocycles. The molecule has 0 saturated carbocycles. The van der Waals surface area contributed by atoms with E-state index in [0.717, 1.165) is 0 Å². The van der Waals surface area contributed by atoms with Gasteiger partial charge < -0.3 is 10.4 Å². The average Bonchev–Trinajstić information content (AvgIpc) is 3.29. The molecule has 4 rings (SSSR count). The van der Waals surface area contributed by atoms with Gasteiger partial charge in [0.1, 0.15) is 17.1 Å².